The molecule has 0 aliphatic carbocycles. The Morgan fingerprint density at radius 1 is 1.47 bits per heavy atom. The minimum atomic E-state index is 0.0386. The number of amides is 1. The van der Waals surface area contributed by atoms with Gasteiger partial charge in [-0.1, -0.05) is 0 Å². The molecule has 1 aromatic rings. The molecule has 0 unspecified atom stereocenters. The largest absolute Gasteiger partial charge is 0.382 e. The number of nitrogens with one attached hydrogen (secondary N) is 1. The van der Waals surface area contributed by atoms with Crippen LogP contribution in [0.25, 0.3) is 0 Å². The van der Waals surface area contributed by atoms with Gasteiger partial charge in [0.1, 0.15) is 5.82 Å². The number of aromatic nitrogens is 2. The van der Waals surface area contributed by atoms with Gasteiger partial charge in [0, 0.05) is 18.9 Å². The number of nitrogens with zero attached hydrogens (tertiary/aromatic N) is 2. The Bertz CT molecular complexity index is 349. The van der Waals surface area contributed by atoms with Crippen molar-refractivity contribution in [1.82, 2.24) is 15.5 Å². The maximum atomic E-state index is 11.5. The lowest BCUT2D eigenvalue weighted by Gasteiger charge is -2.21. The zero-order chi connectivity index (χ0) is 10.7. The number of carbonyl (C=O) groups excluding carboxylic acids is 1. The van der Waals surface area contributed by atoms with Crippen molar-refractivity contribution in [3.63, 3.8) is 0 Å². The van der Waals surface area contributed by atoms with E-state index >= 15 is 0 Å². The molecule has 1 aromatic heterocycles. The van der Waals surface area contributed by atoms with E-state index in [1.54, 1.807) is 6.07 Å². The summed E-state index contributed by atoms with van der Waals surface area (Å²) in [6.07, 6.45) is 2.62. The van der Waals surface area contributed by atoms with Crippen LogP contribution in [0.5, 0.6) is 0 Å². The van der Waals surface area contributed by atoms with Crippen LogP contribution in [-0.2, 0) is 11.2 Å². The van der Waals surface area contributed by atoms with Crippen LogP contribution < -0.4 is 11.1 Å². The first-order valence-corrected chi connectivity index (χ1v) is 5.11. The molecule has 5 nitrogen and oxygen atoms in total. The quantitative estimate of drug-likeness (QED) is 0.720. The van der Waals surface area contributed by atoms with E-state index in [1.807, 2.05) is 6.07 Å². The van der Waals surface area contributed by atoms with Crippen molar-refractivity contribution in [2.45, 2.75) is 19.3 Å². The minimum Gasteiger partial charge on any atom is -0.382 e. The van der Waals surface area contributed by atoms with Crippen LogP contribution in [0.2, 0.25) is 0 Å². The smallest absolute Gasteiger partial charge is 0.223 e. The van der Waals surface area contributed by atoms with Crippen LogP contribution in [0.1, 0.15) is 18.5 Å². The second-order valence-corrected chi connectivity index (χ2v) is 3.78. The second kappa shape index (κ2) is 4.25. The average molecular weight is 206 g/mol. The van der Waals surface area contributed by atoms with Gasteiger partial charge in [-0.15, -0.1) is 5.10 Å². The normalized spacial score (nSPS) is 21.1. The molecule has 2 rings (SSSR count). The molecule has 5 heteroatoms. The van der Waals surface area contributed by atoms with Crippen molar-refractivity contribution in [2.24, 2.45) is 5.92 Å². The minimum absolute atomic E-state index is 0.0386. The maximum Gasteiger partial charge on any atom is 0.223 e. The van der Waals surface area contributed by atoms with Crippen molar-refractivity contribution >= 4 is 11.7 Å². The van der Waals surface area contributed by atoms with Crippen molar-refractivity contribution in [3.8, 4) is 0 Å². The van der Waals surface area contributed by atoms with Crippen LogP contribution >= 0.6 is 0 Å². The number of nitrogens with two attached hydrogens (primary N) is 1. The van der Waals surface area contributed by atoms with Crippen molar-refractivity contribution in [2.75, 3.05) is 12.3 Å². The van der Waals surface area contributed by atoms with Gasteiger partial charge in [-0.3, -0.25) is 4.79 Å². The number of piperidine rings is 1. The van der Waals surface area contributed by atoms with Gasteiger partial charge in [-0.05, 0) is 25.0 Å². The molecule has 0 spiro atoms. The third-order valence-corrected chi connectivity index (χ3v) is 2.60. The van der Waals surface area contributed by atoms with Crippen LogP contribution in [-0.4, -0.2) is 22.6 Å². The summed E-state index contributed by atoms with van der Waals surface area (Å²) in [4.78, 5) is 11.5. The maximum absolute atomic E-state index is 11.5. The fourth-order valence-corrected chi connectivity index (χ4v) is 1.76. The average Bonchev–Trinajstić information content (AvgIpc) is 2.25. The van der Waals surface area contributed by atoms with Gasteiger partial charge in [0.15, 0.2) is 0 Å². The Morgan fingerprint density at radius 2 is 2.33 bits per heavy atom. The van der Waals surface area contributed by atoms with Gasteiger partial charge in [0.05, 0.1) is 5.69 Å². The second-order valence-electron chi connectivity index (χ2n) is 3.78. The van der Waals surface area contributed by atoms with Crippen LogP contribution in [0.4, 0.5) is 5.82 Å². The van der Waals surface area contributed by atoms with Gasteiger partial charge >= 0.3 is 0 Å². The van der Waals surface area contributed by atoms with Crippen molar-refractivity contribution in [1.29, 1.82) is 0 Å². The number of carbonyl (C=O) groups is 1. The molecule has 15 heavy (non-hydrogen) atoms. The summed E-state index contributed by atoms with van der Waals surface area (Å²) in [6.45, 7) is 0.794. The first kappa shape index (κ1) is 9.89. The highest BCUT2D eigenvalue weighted by Gasteiger charge is 2.22. The Kier molecular flexibility index (Phi) is 2.80. The summed E-state index contributed by atoms with van der Waals surface area (Å²) in [5, 5.41) is 10.6. The molecule has 1 amide bonds. The fourth-order valence-electron chi connectivity index (χ4n) is 1.76. The Balaban J connectivity index is 2.01. The van der Waals surface area contributed by atoms with E-state index in [0.717, 1.165) is 25.1 Å². The SMILES string of the molecule is Nc1ccc(C[C@H]2CCCNC2=O)nn1. The number of rotatable bonds is 2. The Hall–Kier alpha value is -1.65. The van der Waals surface area contributed by atoms with Gasteiger partial charge in [0.25, 0.3) is 0 Å². The molecular formula is C10H14N4O. The summed E-state index contributed by atoms with van der Waals surface area (Å²) in [7, 11) is 0. The molecule has 80 valence electrons. The molecule has 0 bridgehead atoms. The van der Waals surface area contributed by atoms with Crippen LogP contribution in [0, 0.1) is 5.92 Å². The van der Waals surface area contributed by atoms with E-state index in [0.29, 0.717) is 12.2 Å². The van der Waals surface area contributed by atoms with E-state index in [-0.39, 0.29) is 11.8 Å². The van der Waals surface area contributed by atoms with Crippen molar-refractivity contribution in [3.05, 3.63) is 17.8 Å². The summed E-state index contributed by atoms with van der Waals surface area (Å²) < 4.78 is 0. The summed E-state index contributed by atoms with van der Waals surface area (Å²) >= 11 is 0. The number of hydrogen-bond acceptors (Lipinski definition) is 4. The molecule has 1 aliphatic rings. The lowest BCUT2D eigenvalue weighted by atomic mass is 9.94. The monoisotopic (exact) mass is 206 g/mol. The number of hydrogen-bond donors (Lipinski definition) is 2. The van der Waals surface area contributed by atoms with Gasteiger partial charge in [-0.2, -0.15) is 5.10 Å². The van der Waals surface area contributed by atoms with Gasteiger partial charge in [-0.25, -0.2) is 0 Å². The summed E-state index contributed by atoms with van der Waals surface area (Å²) in [5.41, 5.74) is 6.26. The molecule has 0 saturated carbocycles. The van der Waals surface area contributed by atoms with E-state index in [2.05, 4.69) is 15.5 Å². The Labute approximate surface area is 88.1 Å². The molecule has 1 aliphatic heterocycles. The highest BCUT2D eigenvalue weighted by molar-refractivity contribution is 5.79. The van der Waals surface area contributed by atoms with E-state index in [4.69, 9.17) is 5.73 Å². The van der Waals surface area contributed by atoms with E-state index in [1.165, 1.54) is 0 Å². The standard InChI is InChI=1S/C10H14N4O/c11-9-4-3-8(13-14-9)6-7-2-1-5-12-10(7)15/h3-4,7H,1-2,5-6H2,(H2,11,14)(H,12,15)/t7-/m1/s1. The molecule has 0 radical (unpaired) electrons. The van der Waals surface area contributed by atoms with E-state index in [9.17, 15) is 4.79 Å². The molecular weight excluding hydrogens is 192 g/mol. The number of nitrogen functional groups attached to an aromatic ring is 1. The molecule has 0 aromatic carbocycles. The summed E-state index contributed by atoms with van der Waals surface area (Å²) in [5.74, 6) is 0.573. The van der Waals surface area contributed by atoms with Crippen LogP contribution in [0.3, 0.4) is 0 Å². The molecule has 1 atom stereocenters. The fraction of sp³-hybridized carbons (Fsp3) is 0.500. The third kappa shape index (κ3) is 2.43. The molecule has 1 saturated heterocycles. The zero-order valence-electron chi connectivity index (χ0n) is 8.44. The lowest BCUT2D eigenvalue weighted by molar-refractivity contribution is -0.126. The lowest BCUT2D eigenvalue weighted by Crippen LogP contribution is -2.37. The summed E-state index contributed by atoms with van der Waals surface area (Å²) in [6, 6.07) is 3.54. The topological polar surface area (TPSA) is 80.9 Å². The van der Waals surface area contributed by atoms with Gasteiger partial charge in [0.2, 0.25) is 5.91 Å². The molecule has 3 N–H and O–H groups in total. The van der Waals surface area contributed by atoms with E-state index < -0.39 is 0 Å². The van der Waals surface area contributed by atoms with Crippen molar-refractivity contribution < 1.29 is 4.79 Å². The van der Waals surface area contributed by atoms with Gasteiger partial charge < -0.3 is 11.1 Å². The first-order chi connectivity index (χ1) is 7.25. The third-order valence-electron chi connectivity index (χ3n) is 2.60. The predicted molar refractivity (Wildman–Crippen MR) is 55.9 cm³/mol. The first-order valence-electron chi connectivity index (χ1n) is 5.11. The Morgan fingerprint density at radius 3 is 3.00 bits per heavy atom. The highest BCUT2D eigenvalue weighted by atomic mass is 16.1. The highest BCUT2D eigenvalue weighted by Crippen LogP contribution is 2.16. The number of anilines is 1. The zero-order valence-corrected chi connectivity index (χ0v) is 8.44. The van der Waals surface area contributed by atoms with Crippen LogP contribution in [0.15, 0.2) is 12.1 Å². The predicted octanol–water partition coefficient (Wildman–Crippen LogP) is 0.127. The molecule has 1 fully saturated rings. The molecule has 2 heterocycles.